The predicted molar refractivity (Wildman–Crippen MR) is 88.3 cm³/mol. The lowest BCUT2D eigenvalue weighted by atomic mass is 10.1. The second-order valence-electron chi connectivity index (χ2n) is 5.21. The number of likely N-dealkylation sites (N-methyl/N-ethyl adjacent to an activating group) is 1. The van der Waals surface area contributed by atoms with Crippen molar-refractivity contribution in [3.63, 3.8) is 0 Å². The Morgan fingerprint density at radius 3 is 2.33 bits per heavy atom. The van der Waals surface area contributed by atoms with Crippen molar-refractivity contribution in [1.29, 1.82) is 0 Å². The maximum absolute atomic E-state index is 11.3. The highest BCUT2D eigenvalue weighted by Gasteiger charge is 2.18. The third-order valence-electron chi connectivity index (χ3n) is 3.60. The fourth-order valence-corrected chi connectivity index (χ4v) is 2.46. The highest BCUT2D eigenvalue weighted by atomic mass is 16.1. The minimum atomic E-state index is 0.104. The number of amides is 1. The van der Waals surface area contributed by atoms with Crippen molar-refractivity contribution in [3.8, 4) is 0 Å². The van der Waals surface area contributed by atoms with E-state index in [1.165, 1.54) is 11.1 Å². The lowest BCUT2D eigenvalue weighted by Gasteiger charge is -2.34. The van der Waals surface area contributed by atoms with Crippen molar-refractivity contribution in [2.75, 3.05) is 39.8 Å². The van der Waals surface area contributed by atoms with Crippen LogP contribution in [0.4, 0.5) is 0 Å². The summed E-state index contributed by atoms with van der Waals surface area (Å²) in [5.74, 6) is 0.104. The highest BCUT2D eigenvalue weighted by Crippen LogP contribution is 2.10. The van der Waals surface area contributed by atoms with Crippen molar-refractivity contribution in [1.82, 2.24) is 15.1 Å². The molecule has 1 aromatic carbocycles. The van der Waals surface area contributed by atoms with Crippen LogP contribution in [0, 0.1) is 6.92 Å². The van der Waals surface area contributed by atoms with Gasteiger partial charge in [-0.3, -0.25) is 14.6 Å². The van der Waals surface area contributed by atoms with Gasteiger partial charge in [-0.25, -0.2) is 0 Å². The Hall–Kier alpha value is -1.39. The molecule has 0 unspecified atom stereocenters. The molecule has 1 aliphatic heterocycles. The molecule has 1 N–H and O–H groups in total. The zero-order valence-electron chi connectivity index (χ0n) is 13.9. The summed E-state index contributed by atoms with van der Waals surface area (Å²) in [6.07, 6.45) is 0. The van der Waals surface area contributed by atoms with Crippen LogP contribution in [0.1, 0.15) is 25.0 Å². The molecule has 1 fully saturated rings. The molecule has 4 nitrogen and oxygen atoms in total. The molecule has 0 atom stereocenters. The van der Waals surface area contributed by atoms with Crippen LogP contribution in [-0.4, -0.2) is 55.5 Å². The summed E-state index contributed by atoms with van der Waals surface area (Å²) in [5.41, 5.74) is 2.69. The summed E-state index contributed by atoms with van der Waals surface area (Å²) in [5, 5.41) is 2.68. The van der Waals surface area contributed by atoms with E-state index in [9.17, 15) is 4.79 Å². The van der Waals surface area contributed by atoms with Crippen LogP contribution in [0.25, 0.3) is 0 Å². The maximum Gasteiger partial charge on any atom is 0.233 e. The smallest absolute Gasteiger partial charge is 0.233 e. The standard InChI is InChI=1S/C15H23N3O.C2H6/c1-13-4-3-5-14(10-13)11-17-6-8-18(9-7-17)12-15(19)16-2;1-2/h3-5,10H,6-9,11-12H2,1-2H3,(H,16,19);1-2H3. The Kier molecular flexibility index (Phi) is 8.01. The monoisotopic (exact) mass is 291 g/mol. The van der Waals surface area contributed by atoms with Gasteiger partial charge in [-0.2, -0.15) is 0 Å². The largest absolute Gasteiger partial charge is 0.358 e. The van der Waals surface area contributed by atoms with E-state index < -0.39 is 0 Å². The third-order valence-corrected chi connectivity index (χ3v) is 3.60. The Balaban J connectivity index is 0.00000106. The zero-order chi connectivity index (χ0) is 15.7. The third kappa shape index (κ3) is 6.27. The van der Waals surface area contributed by atoms with E-state index in [2.05, 4.69) is 46.3 Å². The van der Waals surface area contributed by atoms with E-state index in [0.29, 0.717) is 6.54 Å². The van der Waals surface area contributed by atoms with Gasteiger partial charge in [-0.05, 0) is 12.5 Å². The summed E-state index contributed by atoms with van der Waals surface area (Å²) >= 11 is 0. The van der Waals surface area contributed by atoms with Crippen LogP contribution in [0.2, 0.25) is 0 Å². The first-order valence-corrected chi connectivity index (χ1v) is 7.88. The molecule has 0 aromatic heterocycles. The predicted octanol–water partition coefficient (Wildman–Crippen LogP) is 1.88. The van der Waals surface area contributed by atoms with Gasteiger partial charge in [-0.1, -0.05) is 43.7 Å². The molecule has 0 aliphatic carbocycles. The molecule has 0 saturated carbocycles. The minimum absolute atomic E-state index is 0.104. The van der Waals surface area contributed by atoms with E-state index >= 15 is 0 Å². The molecule has 21 heavy (non-hydrogen) atoms. The second kappa shape index (κ2) is 9.53. The van der Waals surface area contributed by atoms with Gasteiger partial charge in [0.1, 0.15) is 0 Å². The normalized spacial score (nSPS) is 16.0. The summed E-state index contributed by atoms with van der Waals surface area (Å²) in [7, 11) is 1.69. The second-order valence-corrected chi connectivity index (χ2v) is 5.21. The van der Waals surface area contributed by atoms with Crippen molar-refractivity contribution >= 4 is 5.91 Å². The van der Waals surface area contributed by atoms with Gasteiger partial charge in [0.05, 0.1) is 6.54 Å². The first-order chi connectivity index (χ1) is 10.2. The number of hydrogen-bond acceptors (Lipinski definition) is 3. The number of rotatable bonds is 4. The van der Waals surface area contributed by atoms with Crippen LogP contribution in [0.15, 0.2) is 24.3 Å². The molecule has 1 amide bonds. The number of aryl methyl sites for hydroxylation is 1. The van der Waals surface area contributed by atoms with Crippen LogP contribution in [0.3, 0.4) is 0 Å². The van der Waals surface area contributed by atoms with Crippen LogP contribution in [0.5, 0.6) is 0 Å². The first-order valence-electron chi connectivity index (χ1n) is 7.88. The molecule has 0 radical (unpaired) electrons. The maximum atomic E-state index is 11.3. The van der Waals surface area contributed by atoms with Gasteiger partial charge in [0.25, 0.3) is 0 Å². The molecule has 0 bridgehead atoms. The molecule has 0 spiro atoms. The Bertz CT molecular complexity index is 426. The Morgan fingerprint density at radius 1 is 1.14 bits per heavy atom. The van der Waals surface area contributed by atoms with Crippen LogP contribution >= 0.6 is 0 Å². The molecule has 118 valence electrons. The van der Waals surface area contributed by atoms with Crippen LogP contribution in [-0.2, 0) is 11.3 Å². The SMILES string of the molecule is CC.CNC(=O)CN1CCN(Cc2cccc(C)c2)CC1. The summed E-state index contributed by atoms with van der Waals surface area (Å²) in [6.45, 7) is 11.7. The van der Waals surface area contributed by atoms with Gasteiger partial charge in [0.15, 0.2) is 0 Å². The van der Waals surface area contributed by atoms with E-state index in [-0.39, 0.29) is 5.91 Å². The average Bonchev–Trinajstić information content (AvgIpc) is 2.51. The molecular weight excluding hydrogens is 262 g/mol. The van der Waals surface area contributed by atoms with Gasteiger partial charge >= 0.3 is 0 Å². The molecular formula is C17H29N3O. The molecule has 4 heteroatoms. The summed E-state index contributed by atoms with van der Waals surface area (Å²) in [6, 6.07) is 8.68. The highest BCUT2D eigenvalue weighted by molar-refractivity contribution is 5.77. The quantitative estimate of drug-likeness (QED) is 0.920. The Labute approximate surface area is 129 Å². The topological polar surface area (TPSA) is 35.6 Å². The van der Waals surface area contributed by atoms with Crippen molar-refractivity contribution in [3.05, 3.63) is 35.4 Å². The summed E-state index contributed by atoms with van der Waals surface area (Å²) < 4.78 is 0. The fourth-order valence-electron chi connectivity index (χ4n) is 2.46. The van der Waals surface area contributed by atoms with Crippen molar-refractivity contribution in [2.24, 2.45) is 0 Å². The lowest BCUT2D eigenvalue weighted by Crippen LogP contribution is -2.48. The number of carbonyl (C=O) groups excluding carboxylic acids is 1. The van der Waals surface area contributed by atoms with Gasteiger partial charge in [0, 0.05) is 39.8 Å². The molecule has 1 heterocycles. The zero-order valence-corrected chi connectivity index (χ0v) is 13.9. The minimum Gasteiger partial charge on any atom is -0.358 e. The number of nitrogens with zero attached hydrogens (tertiary/aromatic N) is 2. The molecule has 2 rings (SSSR count). The fraction of sp³-hybridized carbons (Fsp3) is 0.588. The number of carbonyl (C=O) groups is 1. The molecule has 1 saturated heterocycles. The number of piperazine rings is 1. The van der Waals surface area contributed by atoms with E-state index in [4.69, 9.17) is 0 Å². The van der Waals surface area contributed by atoms with Gasteiger partial charge in [0.2, 0.25) is 5.91 Å². The first kappa shape index (κ1) is 17.7. The Morgan fingerprint density at radius 2 is 1.76 bits per heavy atom. The number of nitrogens with one attached hydrogen (secondary N) is 1. The average molecular weight is 291 g/mol. The van der Waals surface area contributed by atoms with E-state index in [1.807, 2.05) is 13.8 Å². The molecule has 1 aromatic rings. The van der Waals surface area contributed by atoms with Gasteiger partial charge < -0.3 is 5.32 Å². The molecule has 1 aliphatic rings. The lowest BCUT2D eigenvalue weighted by molar-refractivity contribution is -0.122. The number of benzene rings is 1. The van der Waals surface area contributed by atoms with Crippen molar-refractivity contribution < 1.29 is 4.79 Å². The van der Waals surface area contributed by atoms with Crippen molar-refractivity contribution in [2.45, 2.75) is 27.3 Å². The van der Waals surface area contributed by atoms with E-state index in [0.717, 1.165) is 32.7 Å². The van der Waals surface area contributed by atoms with Crippen LogP contribution < -0.4 is 5.32 Å². The van der Waals surface area contributed by atoms with Gasteiger partial charge in [-0.15, -0.1) is 0 Å². The summed E-state index contributed by atoms with van der Waals surface area (Å²) in [4.78, 5) is 16.0. The van der Waals surface area contributed by atoms with E-state index in [1.54, 1.807) is 7.05 Å². The number of hydrogen-bond donors (Lipinski definition) is 1.